The van der Waals surface area contributed by atoms with Crippen LogP contribution in [0.5, 0.6) is 0 Å². The Balaban J connectivity index is 1.72. The van der Waals surface area contributed by atoms with Crippen LogP contribution in [0, 0.1) is 0 Å². The maximum Gasteiger partial charge on any atom is 0.247 e. The Morgan fingerprint density at radius 1 is 1.20 bits per heavy atom. The molecule has 110 valence electrons. The van der Waals surface area contributed by atoms with Gasteiger partial charge in [-0.25, -0.2) is 0 Å². The molecule has 1 aliphatic carbocycles. The Kier molecular flexibility index (Phi) is 4.33. The van der Waals surface area contributed by atoms with Crippen LogP contribution in [0.15, 0.2) is 6.20 Å². The number of hydrogen-bond acceptors (Lipinski definition) is 5. The molecule has 0 spiro atoms. The lowest BCUT2D eigenvalue weighted by Gasteiger charge is -2.35. The van der Waals surface area contributed by atoms with E-state index in [2.05, 4.69) is 27.3 Å². The topological polar surface area (TPSA) is 53.9 Å². The zero-order chi connectivity index (χ0) is 13.8. The first kappa shape index (κ1) is 13.6. The highest BCUT2D eigenvalue weighted by molar-refractivity contribution is 5.40. The highest BCUT2D eigenvalue weighted by Crippen LogP contribution is 2.25. The van der Waals surface area contributed by atoms with Crippen LogP contribution in [-0.4, -0.2) is 33.8 Å². The number of aromatic nitrogens is 3. The van der Waals surface area contributed by atoms with Crippen molar-refractivity contribution in [3.63, 3.8) is 0 Å². The predicted molar refractivity (Wildman–Crippen MR) is 81.0 cm³/mol. The van der Waals surface area contributed by atoms with Crippen molar-refractivity contribution in [2.45, 2.75) is 70.4 Å². The van der Waals surface area contributed by atoms with Crippen LogP contribution >= 0.6 is 0 Å². The van der Waals surface area contributed by atoms with Crippen LogP contribution in [0.25, 0.3) is 0 Å². The Morgan fingerprint density at radius 2 is 2.00 bits per heavy atom. The van der Waals surface area contributed by atoms with E-state index in [0.717, 1.165) is 24.7 Å². The van der Waals surface area contributed by atoms with E-state index in [-0.39, 0.29) is 0 Å². The minimum Gasteiger partial charge on any atom is -0.366 e. The first-order valence-corrected chi connectivity index (χ1v) is 8.09. The van der Waals surface area contributed by atoms with Crippen LogP contribution < -0.4 is 10.2 Å². The molecule has 0 aromatic carbocycles. The SMILES string of the molecule is CCC1CCCCN1c1nncc(NC2CCCC2)n1. The van der Waals surface area contributed by atoms with Gasteiger partial charge >= 0.3 is 0 Å². The summed E-state index contributed by atoms with van der Waals surface area (Å²) in [5, 5.41) is 11.9. The molecule has 1 aromatic heterocycles. The molecular formula is C15H25N5. The van der Waals surface area contributed by atoms with Crippen LogP contribution in [-0.2, 0) is 0 Å². The number of anilines is 2. The molecule has 1 aliphatic heterocycles. The minimum atomic E-state index is 0.572. The van der Waals surface area contributed by atoms with E-state index in [4.69, 9.17) is 4.98 Å². The van der Waals surface area contributed by atoms with E-state index < -0.39 is 0 Å². The number of rotatable bonds is 4. The van der Waals surface area contributed by atoms with E-state index in [1.54, 1.807) is 6.20 Å². The van der Waals surface area contributed by atoms with Crippen molar-refractivity contribution in [2.24, 2.45) is 0 Å². The summed E-state index contributed by atoms with van der Waals surface area (Å²) >= 11 is 0. The van der Waals surface area contributed by atoms with E-state index in [1.807, 2.05) is 0 Å². The number of nitrogens with one attached hydrogen (secondary N) is 1. The van der Waals surface area contributed by atoms with Gasteiger partial charge in [0.2, 0.25) is 5.95 Å². The Labute approximate surface area is 121 Å². The third-order valence-corrected chi connectivity index (χ3v) is 4.61. The highest BCUT2D eigenvalue weighted by atomic mass is 15.3. The summed E-state index contributed by atoms with van der Waals surface area (Å²) in [6, 6.07) is 1.15. The molecule has 3 rings (SSSR count). The van der Waals surface area contributed by atoms with Crippen molar-refractivity contribution in [3.05, 3.63) is 6.20 Å². The van der Waals surface area contributed by atoms with Gasteiger partial charge in [0.1, 0.15) is 0 Å². The molecule has 2 aliphatic rings. The van der Waals surface area contributed by atoms with Gasteiger partial charge < -0.3 is 10.2 Å². The molecule has 20 heavy (non-hydrogen) atoms. The Hall–Kier alpha value is -1.39. The van der Waals surface area contributed by atoms with Gasteiger partial charge in [-0.1, -0.05) is 19.8 Å². The van der Waals surface area contributed by atoms with Gasteiger partial charge in [-0.2, -0.15) is 10.1 Å². The van der Waals surface area contributed by atoms with Gasteiger partial charge in [0.05, 0.1) is 6.20 Å². The molecule has 0 bridgehead atoms. The molecule has 1 atom stereocenters. The first-order valence-electron chi connectivity index (χ1n) is 8.09. The molecule has 2 fully saturated rings. The van der Waals surface area contributed by atoms with Crippen molar-refractivity contribution in [2.75, 3.05) is 16.8 Å². The molecule has 0 amide bonds. The summed E-state index contributed by atoms with van der Waals surface area (Å²) in [7, 11) is 0. The number of hydrogen-bond donors (Lipinski definition) is 1. The molecule has 0 radical (unpaired) electrons. The highest BCUT2D eigenvalue weighted by Gasteiger charge is 2.24. The van der Waals surface area contributed by atoms with E-state index in [9.17, 15) is 0 Å². The number of piperidine rings is 1. The summed E-state index contributed by atoms with van der Waals surface area (Å²) in [5.41, 5.74) is 0. The minimum absolute atomic E-state index is 0.572. The first-order chi connectivity index (χ1) is 9.86. The van der Waals surface area contributed by atoms with Gasteiger partial charge in [0.15, 0.2) is 5.82 Å². The van der Waals surface area contributed by atoms with Crippen molar-refractivity contribution < 1.29 is 0 Å². The third kappa shape index (κ3) is 3.02. The van der Waals surface area contributed by atoms with Crippen LogP contribution in [0.3, 0.4) is 0 Å². The van der Waals surface area contributed by atoms with Crippen molar-refractivity contribution in [3.8, 4) is 0 Å². The molecule has 1 saturated heterocycles. The molecule has 5 heteroatoms. The van der Waals surface area contributed by atoms with Gasteiger partial charge in [-0.15, -0.1) is 5.10 Å². The smallest absolute Gasteiger partial charge is 0.247 e. The van der Waals surface area contributed by atoms with E-state index >= 15 is 0 Å². The second-order valence-corrected chi connectivity index (χ2v) is 6.02. The molecule has 1 unspecified atom stereocenters. The average molecular weight is 275 g/mol. The predicted octanol–water partition coefficient (Wildman–Crippen LogP) is 3.00. The maximum atomic E-state index is 4.70. The molecule has 1 aromatic rings. The lowest BCUT2D eigenvalue weighted by Crippen LogP contribution is -2.40. The molecule has 5 nitrogen and oxygen atoms in total. The summed E-state index contributed by atoms with van der Waals surface area (Å²) < 4.78 is 0. The van der Waals surface area contributed by atoms with Crippen LogP contribution in [0.1, 0.15) is 58.3 Å². The van der Waals surface area contributed by atoms with Gasteiger partial charge in [0.25, 0.3) is 0 Å². The standard InChI is InChI=1S/C15H25N5/c1-2-13-9-5-6-10-20(13)15-18-14(11-16-19-15)17-12-7-3-4-8-12/h11-13H,2-10H2,1H3,(H,17,18,19). The fraction of sp³-hybridized carbons (Fsp3) is 0.800. The van der Waals surface area contributed by atoms with Crippen molar-refractivity contribution in [1.29, 1.82) is 0 Å². The monoisotopic (exact) mass is 275 g/mol. The zero-order valence-corrected chi connectivity index (χ0v) is 12.4. The molecular weight excluding hydrogens is 250 g/mol. The lowest BCUT2D eigenvalue weighted by atomic mass is 10.0. The van der Waals surface area contributed by atoms with Gasteiger partial charge in [-0.05, 0) is 38.5 Å². The van der Waals surface area contributed by atoms with Gasteiger partial charge in [0, 0.05) is 18.6 Å². The zero-order valence-electron chi connectivity index (χ0n) is 12.4. The molecule has 2 heterocycles. The largest absolute Gasteiger partial charge is 0.366 e. The summed E-state index contributed by atoms with van der Waals surface area (Å²) in [6.45, 7) is 3.31. The second-order valence-electron chi connectivity index (χ2n) is 6.02. The molecule has 1 saturated carbocycles. The normalized spacial score (nSPS) is 24.1. The van der Waals surface area contributed by atoms with Crippen molar-refractivity contribution >= 4 is 11.8 Å². The fourth-order valence-electron chi connectivity index (χ4n) is 3.45. The maximum absolute atomic E-state index is 4.70. The summed E-state index contributed by atoms with van der Waals surface area (Å²) in [4.78, 5) is 7.04. The fourth-order valence-corrected chi connectivity index (χ4v) is 3.45. The Bertz CT molecular complexity index is 430. The number of nitrogens with zero attached hydrogens (tertiary/aromatic N) is 4. The summed E-state index contributed by atoms with van der Waals surface area (Å²) in [6.07, 6.45) is 11.9. The van der Waals surface area contributed by atoms with Crippen LogP contribution in [0.4, 0.5) is 11.8 Å². The lowest BCUT2D eigenvalue weighted by molar-refractivity contribution is 0.441. The quantitative estimate of drug-likeness (QED) is 0.915. The average Bonchev–Trinajstić information content (AvgIpc) is 3.00. The van der Waals surface area contributed by atoms with E-state index in [1.165, 1.54) is 44.9 Å². The van der Waals surface area contributed by atoms with Crippen molar-refractivity contribution in [1.82, 2.24) is 15.2 Å². The second kappa shape index (κ2) is 6.37. The van der Waals surface area contributed by atoms with Crippen LogP contribution in [0.2, 0.25) is 0 Å². The van der Waals surface area contributed by atoms with Gasteiger partial charge in [-0.3, -0.25) is 0 Å². The third-order valence-electron chi connectivity index (χ3n) is 4.61. The summed E-state index contributed by atoms with van der Waals surface area (Å²) in [5.74, 6) is 1.70. The van der Waals surface area contributed by atoms with E-state index in [0.29, 0.717) is 12.1 Å². The Morgan fingerprint density at radius 3 is 2.80 bits per heavy atom. The molecule has 1 N–H and O–H groups in total.